The van der Waals surface area contributed by atoms with Crippen molar-refractivity contribution in [3.8, 4) is 5.75 Å². The van der Waals surface area contributed by atoms with E-state index >= 15 is 0 Å². The molecule has 1 aliphatic heterocycles. The summed E-state index contributed by atoms with van der Waals surface area (Å²) in [4.78, 5) is 4.61. The highest BCUT2D eigenvalue weighted by Gasteiger charge is 2.21. The van der Waals surface area contributed by atoms with Gasteiger partial charge in [0.25, 0.3) is 0 Å². The van der Waals surface area contributed by atoms with E-state index in [-0.39, 0.29) is 18.2 Å². The van der Waals surface area contributed by atoms with Crippen LogP contribution in [0.4, 0.5) is 10.1 Å². The molecule has 2 heterocycles. The summed E-state index contributed by atoms with van der Waals surface area (Å²) in [6, 6.07) is 12.9. The Labute approximate surface area is 180 Å². The fourth-order valence-corrected chi connectivity index (χ4v) is 4.85. The number of halogens is 2. The topological polar surface area (TPSA) is 35.9 Å². The summed E-state index contributed by atoms with van der Waals surface area (Å²) in [7, 11) is 1.57. The summed E-state index contributed by atoms with van der Waals surface area (Å²) in [6.07, 6.45) is 0.284. The van der Waals surface area contributed by atoms with Crippen molar-refractivity contribution in [2.75, 3.05) is 44.7 Å². The molecule has 0 amide bonds. The number of ether oxygens (including phenoxy) is 1. The second-order valence-corrected chi connectivity index (χ2v) is 8.05. The van der Waals surface area contributed by atoms with E-state index in [2.05, 4.69) is 27.3 Å². The van der Waals surface area contributed by atoms with Crippen molar-refractivity contribution >= 4 is 39.5 Å². The Balaban J connectivity index is 0.00000240. The Morgan fingerprint density at radius 2 is 1.90 bits per heavy atom. The Hall–Kier alpha value is -1.86. The molecule has 2 aromatic carbocycles. The number of anilines is 1. The number of nitrogens with zero attached hydrogens (tertiary/aromatic N) is 2. The van der Waals surface area contributed by atoms with E-state index < -0.39 is 6.10 Å². The zero-order valence-electron chi connectivity index (χ0n) is 16.4. The van der Waals surface area contributed by atoms with Gasteiger partial charge in [0, 0.05) is 43.5 Å². The van der Waals surface area contributed by atoms with Crippen LogP contribution in [0.5, 0.6) is 5.75 Å². The molecule has 0 bridgehead atoms. The van der Waals surface area contributed by atoms with E-state index in [1.165, 1.54) is 16.8 Å². The third kappa shape index (κ3) is 4.83. The predicted molar refractivity (Wildman–Crippen MR) is 120 cm³/mol. The number of rotatable bonds is 6. The van der Waals surface area contributed by atoms with Crippen molar-refractivity contribution in [3.05, 3.63) is 59.2 Å². The van der Waals surface area contributed by atoms with E-state index in [0.717, 1.165) is 55.8 Å². The van der Waals surface area contributed by atoms with Crippen LogP contribution in [0.25, 0.3) is 10.1 Å². The van der Waals surface area contributed by atoms with Gasteiger partial charge >= 0.3 is 0 Å². The number of thiophene rings is 1. The van der Waals surface area contributed by atoms with Gasteiger partial charge in [0.05, 0.1) is 18.9 Å². The monoisotopic (exact) mass is 436 g/mol. The van der Waals surface area contributed by atoms with Gasteiger partial charge in [-0.05, 0) is 40.9 Å². The number of methoxy groups -OCH3 is 1. The Kier molecular flexibility index (Phi) is 7.35. The summed E-state index contributed by atoms with van der Waals surface area (Å²) in [5.74, 6) is 0.294. The minimum absolute atomic E-state index is 0. The molecule has 29 heavy (non-hydrogen) atoms. The van der Waals surface area contributed by atoms with E-state index in [9.17, 15) is 9.50 Å². The van der Waals surface area contributed by atoms with Crippen molar-refractivity contribution in [3.63, 3.8) is 0 Å². The quantitative estimate of drug-likeness (QED) is 0.606. The van der Waals surface area contributed by atoms with Crippen LogP contribution in [0.1, 0.15) is 18.1 Å². The van der Waals surface area contributed by atoms with Crippen molar-refractivity contribution in [2.45, 2.75) is 12.5 Å². The van der Waals surface area contributed by atoms with Gasteiger partial charge in [0.2, 0.25) is 0 Å². The first-order valence-electron chi connectivity index (χ1n) is 9.61. The molecule has 4 nitrogen and oxygen atoms in total. The number of benzene rings is 2. The number of hydrogen-bond donors (Lipinski definition) is 1. The van der Waals surface area contributed by atoms with Crippen molar-refractivity contribution in [1.82, 2.24) is 4.90 Å². The third-order valence-corrected chi connectivity index (χ3v) is 6.43. The van der Waals surface area contributed by atoms with Crippen LogP contribution in [-0.2, 0) is 0 Å². The maximum Gasteiger partial charge on any atom is 0.145 e. The van der Waals surface area contributed by atoms with Crippen molar-refractivity contribution in [1.29, 1.82) is 0 Å². The van der Waals surface area contributed by atoms with Crippen LogP contribution in [0.2, 0.25) is 0 Å². The largest absolute Gasteiger partial charge is 0.494 e. The second kappa shape index (κ2) is 9.76. The molecule has 0 radical (unpaired) electrons. The average Bonchev–Trinajstić information content (AvgIpc) is 3.16. The van der Waals surface area contributed by atoms with Crippen LogP contribution in [0.15, 0.2) is 47.8 Å². The molecule has 1 saturated heterocycles. The summed E-state index contributed by atoms with van der Waals surface area (Å²) >= 11 is 1.69. The highest BCUT2D eigenvalue weighted by molar-refractivity contribution is 7.17. The molecule has 7 heteroatoms. The molecule has 1 fully saturated rings. The lowest BCUT2D eigenvalue weighted by molar-refractivity contribution is 0.141. The van der Waals surface area contributed by atoms with Gasteiger partial charge in [-0.3, -0.25) is 4.90 Å². The maximum atomic E-state index is 13.4. The Morgan fingerprint density at radius 1 is 1.14 bits per heavy atom. The van der Waals surface area contributed by atoms with Gasteiger partial charge in [0.1, 0.15) is 11.6 Å². The van der Waals surface area contributed by atoms with Gasteiger partial charge in [-0.2, -0.15) is 0 Å². The summed E-state index contributed by atoms with van der Waals surface area (Å²) in [6.45, 7) is 4.41. The van der Waals surface area contributed by atoms with Crippen molar-refractivity contribution < 1.29 is 14.2 Å². The number of piperazine rings is 1. The molecule has 4 rings (SSSR count). The third-order valence-electron chi connectivity index (χ3n) is 5.44. The van der Waals surface area contributed by atoms with Gasteiger partial charge < -0.3 is 14.7 Å². The Bertz CT molecular complexity index is 943. The zero-order chi connectivity index (χ0) is 19.5. The van der Waals surface area contributed by atoms with Crippen LogP contribution >= 0.6 is 23.7 Å². The molecule has 3 aromatic rings. The lowest BCUT2D eigenvalue weighted by Gasteiger charge is -2.36. The second-order valence-electron chi connectivity index (χ2n) is 7.14. The van der Waals surface area contributed by atoms with Gasteiger partial charge in [0.15, 0.2) is 0 Å². The molecule has 156 valence electrons. The summed E-state index contributed by atoms with van der Waals surface area (Å²) in [5, 5.41) is 13.9. The SMILES string of the molecule is COc1cc(F)ccc1N1CCN(CCC(O)c2csc3ccccc23)CC1.Cl. The highest BCUT2D eigenvalue weighted by Crippen LogP contribution is 2.32. The number of hydrogen-bond acceptors (Lipinski definition) is 5. The molecule has 1 unspecified atom stereocenters. The lowest BCUT2D eigenvalue weighted by Crippen LogP contribution is -2.46. The first-order valence-corrected chi connectivity index (χ1v) is 10.5. The van der Waals surface area contributed by atoms with Gasteiger partial charge in [-0.15, -0.1) is 23.7 Å². The molecule has 1 aliphatic rings. The molecular formula is C22H26ClFN2O2S. The molecule has 0 aliphatic carbocycles. The molecule has 1 atom stereocenters. The van der Waals surface area contributed by atoms with Gasteiger partial charge in [-0.25, -0.2) is 4.39 Å². The van der Waals surface area contributed by atoms with Crippen molar-refractivity contribution in [2.24, 2.45) is 0 Å². The molecular weight excluding hydrogens is 411 g/mol. The first kappa shape index (κ1) is 21.8. The summed E-state index contributed by atoms with van der Waals surface area (Å²) < 4.78 is 20.0. The minimum atomic E-state index is -0.439. The predicted octanol–water partition coefficient (Wildman–Crippen LogP) is 4.72. The van der Waals surface area contributed by atoms with Gasteiger partial charge in [-0.1, -0.05) is 18.2 Å². The minimum Gasteiger partial charge on any atom is -0.494 e. The maximum absolute atomic E-state index is 13.4. The van der Waals surface area contributed by atoms with E-state index in [4.69, 9.17) is 4.74 Å². The number of fused-ring (bicyclic) bond motifs is 1. The van der Waals surface area contributed by atoms with E-state index in [1.54, 1.807) is 24.5 Å². The summed E-state index contributed by atoms with van der Waals surface area (Å²) in [5.41, 5.74) is 1.98. The molecule has 1 aromatic heterocycles. The standard InChI is InChI=1S/C22H25FN2O2S.ClH/c1-27-21-14-16(23)6-7-19(21)25-12-10-24(11-13-25)9-8-20(26)18-15-28-22-5-3-2-4-17(18)22;/h2-7,14-15,20,26H,8-13H2,1H3;1H. The molecule has 1 N–H and O–H groups in total. The molecule has 0 spiro atoms. The smallest absolute Gasteiger partial charge is 0.145 e. The van der Waals surface area contributed by atoms with Crippen LogP contribution < -0.4 is 9.64 Å². The normalized spacial score (nSPS) is 15.9. The van der Waals surface area contributed by atoms with Crippen LogP contribution in [0, 0.1) is 5.82 Å². The Morgan fingerprint density at radius 3 is 2.66 bits per heavy atom. The van der Waals surface area contributed by atoms with E-state index in [1.807, 2.05) is 12.1 Å². The number of aliphatic hydroxyl groups is 1. The first-order chi connectivity index (χ1) is 13.7. The van der Waals surface area contributed by atoms with E-state index in [0.29, 0.717) is 5.75 Å². The van der Waals surface area contributed by atoms with Crippen LogP contribution in [-0.4, -0.2) is 49.8 Å². The fourth-order valence-electron chi connectivity index (χ4n) is 3.84. The average molecular weight is 437 g/mol. The van der Waals surface area contributed by atoms with Crippen LogP contribution in [0.3, 0.4) is 0 Å². The number of aliphatic hydroxyl groups excluding tert-OH is 1. The molecule has 0 saturated carbocycles. The lowest BCUT2D eigenvalue weighted by atomic mass is 10.1. The zero-order valence-corrected chi connectivity index (χ0v) is 18.0. The highest BCUT2D eigenvalue weighted by atomic mass is 35.5. The fraction of sp³-hybridized carbons (Fsp3) is 0.364.